The maximum Gasteiger partial charge on any atom is 0.0576 e. The van der Waals surface area contributed by atoms with Gasteiger partial charge in [-0.15, -0.1) is 0 Å². The second-order valence-corrected chi connectivity index (χ2v) is 5.76. The van der Waals surface area contributed by atoms with Crippen LogP contribution in [-0.4, -0.2) is 38.5 Å². The fraction of sp³-hybridized carbons (Fsp3) is 1.00. The molecular weight excluding hydrogens is 226 g/mol. The first-order chi connectivity index (χ1) is 8.88. The minimum atomic E-state index is 0.541. The molecule has 2 saturated heterocycles. The zero-order chi connectivity index (χ0) is 12.6. The Bertz CT molecular complexity index is 211. The summed E-state index contributed by atoms with van der Waals surface area (Å²) in [7, 11) is 2.09. The van der Waals surface area contributed by atoms with Gasteiger partial charge in [0.05, 0.1) is 12.2 Å². The number of hydrogen-bond acceptors (Lipinski definition) is 3. The lowest BCUT2D eigenvalue weighted by molar-refractivity contribution is 0.0957. The molecule has 3 atom stereocenters. The summed E-state index contributed by atoms with van der Waals surface area (Å²) in [6, 6.07) is 0.663. The van der Waals surface area contributed by atoms with E-state index in [9.17, 15) is 0 Å². The Morgan fingerprint density at radius 3 is 2.22 bits per heavy atom. The molecule has 0 spiro atoms. The smallest absolute Gasteiger partial charge is 0.0576 e. The lowest BCUT2D eigenvalue weighted by atomic mass is 10.00. The number of nitrogens with one attached hydrogen (secondary N) is 1. The molecule has 2 aliphatic rings. The Labute approximate surface area is 112 Å². The molecule has 3 heteroatoms. The third-order valence-corrected chi connectivity index (χ3v) is 4.37. The summed E-state index contributed by atoms with van der Waals surface area (Å²) in [6.45, 7) is 1.97. The van der Waals surface area contributed by atoms with Gasteiger partial charge in [-0.1, -0.05) is 0 Å². The maximum atomic E-state index is 5.69. The second-order valence-electron chi connectivity index (χ2n) is 5.76. The fourth-order valence-corrected chi connectivity index (χ4v) is 3.16. The minimum absolute atomic E-state index is 0.541. The van der Waals surface area contributed by atoms with Crippen LogP contribution in [0, 0.1) is 0 Å². The van der Waals surface area contributed by atoms with Crippen LogP contribution in [0.3, 0.4) is 0 Å². The first-order valence-electron chi connectivity index (χ1n) is 7.79. The maximum absolute atomic E-state index is 5.69. The van der Waals surface area contributed by atoms with Gasteiger partial charge in [0.25, 0.3) is 0 Å². The highest BCUT2D eigenvalue weighted by atomic mass is 16.5. The van der Waals surface area contributed by atoms with Gasteiger partial charge >= 0.3 is 0 Å². The highest BCUT2D eigenvalue weighted by molar-refractivity contribution is 4.72. The average molecular weight is 255 g/mol. The molecule has 0 aliphatic carbocycles. The monoisotopic (exact) mass is 255 g/mol. The van der Waals surface area contributed by atoms with Crippen molar-refractivity contribution in [3.8, 4) is 0 Å². The van der Waals surface area contributed by atoms with Crippen molar-refractivity contribution in [3.05, 3.63) is 0 Å². The van der Waals surface area contributed by atoms with E-state index in [0.29, 0.717) is 18.2 Å². The van der Waals surface area contributed by atoms with Crippen molar-refractivity contribution in [2.45, 2.75) is 76.0 Å². The summed E-state index contributed by atoms with van der Waals surface area (Å²) in [5.74, 6) is 0. The first-order valence-corrected chi connectivity index (χ1v) is 7.79. The molecule has 0 aromatic carbocycles. The van der Waals surface area contributed by atoms with Gasteiger partial charge in [0.1, 0.15) is 0 Å². The summed E-state index contributed by atoms with van der Waals surface area (Å²) in [5, 5.41) is 3.46. The molecule has 0 radical (unpaired) electrons. The van der Waals surface area contributed by atoms with Crippen LogP contribution < -0.4 is 5.32 Å². The van der Waals surface area contributed by atoms with Crippen LogP contribution >= 0.6 is 0 Å². The highest BCUT2D eigenvalue weighted by Crippen LogP contribution is 2.21. The average Bonchev–Trinajstić information content (AvgIpc) is 3.06. The van der Waals surface area contributed by atoms with Crippen molar-refractivity contribution in [3.63, 3.8) is 0 Å². The Morgan fingerprint density at radius 1 is 1.00 bits per heavy atom. The molecular formula is C15H29NO2. The van der Waals surface area contributed by atoms with E-state index >= 15 is 0 Å². The van der Waals surface area contributed by atoms with Crippen molar-refractivity contribution in [2.75, 3.05) is 20.3 Å². The van der Waals surface area contributed by atoms with Crippen molar-refractivity contribution >= 4 is 0 Å². The first kappa shape index (κ1) is 14.3. The van der Waals surface area contributed by atoms with E-state index in [1.165, 1.54) is 57.8 Å². The fourth-order valence-electron chi connectivity index (χ4n) is 3.16. The predicted octanol–water partition coefficient (Wildman–Crippen LogP) is 2.88. The Hall–Kier alpha value is -0.120. The molecule has 3 unspecified atom stereocenters. The van der Waals surface area contributed by atoms with E-state index in [4.69, 9.17) is 9.47 Å². The Morgan fingerprint density at radius 2 is 1.67 bits per heavy atom. The quantitative estimate of drug-likeness (QED) is 0.723. The number of rotatable bonds is 8. The molecule has 1 N–H and O–H groups in total. The van der Waals surface area contributed by atoms with Crippen LogP contribution in [0.1, 0.15) is 57.8 Å². The molecule has 2 rings (SSSR count). The van der Waals surface area contributed by atoms with Crippen LogP contribution in [0.15, 0.2) is 0 Å². The summed E-state index contributed by atoms with van der Waals surface area (Å²) < 4.78 is 11.4. The Balaban J connectivity index is 1.53. The molecule has 106 valence electrons. The summed E-state index contributed by atoms with van der Waals surface area (Å²) in [5.41, 5.74) is 0. The lowest BCUT2D eigenvalue weighted by Gasteiger charge is -2.19. The van der Waals surface area contributed by atoms with E-state index < -0.39 is 0 Å². The number of ether oxygens (including phenoxy) is 2. The van der Waals surface area contributed by atoms with Crippen LogP contribution in [-0.2, 0) is 9.47 Å². The van der Waals surface area contributed by atoms with E-state index in [0.717, 1.165) is 13.2 Å². The molecule has 2 heterocycles. The van der Waals surface area contributed by atoms with Crippen LogP contribution in [0.4, 0.5) is 0 Å². The third kappa shape index (κ3) is 4.87. The van der Waals surface area contributed by atoms with Gasteiger partial charge in [0, 0.05) is 19.3 Å². The zero-order valence-corrected chi connectivity index (χ0v) is 11.8. The van der Waals surface area contributed by atoms with Crippen LogP contribution in [0.25, 0.3) is 0 Å². The summed E-state index contributed by atoms with van der Waals surface area (Å²) in [6.07, 6.45) is 12.5. The summed E-state index contributed by atoms with van der Waals surface area (Å²) in [4.78, 5) is 0. The molecule has 0 amide bonds. The molecule has 0 saturated carbocycles. The van der Waals surface area contributed by atoms with Crippen LogP contribution in [0.5, 0.6) is 0 Å². The molecule has 0 aromatic rings. The van der Waals surface area contributed by atoms with E-state index in [-0.39, 0.29) is 0 Å². The molecule has 0 bridgehead atoms. The van der Waals surface area contributed by atoms with E-state index in [2.05, 4.69) is 12.4 Å². The minimum Gasteiger partial charge on any atom is -0.378 e. The normalized spacial score (nSPS) is 29.8. The topological polar surface area (TPSA) is 30.5 Å². The van der Waals surface area contributed by atoms with Crippen molar-refractivity contribution in [1.82, 2.24) is 5.32 Å². The van der Waals surface area contributed by atoms with Crippen molar-refractivity contribution in [2.24, 2.45) is 0 Å². The van der Waals surface area contributed by atoms with E-state index in [1.807, 2.05) is 0 Å². The van der Waals surface area contributed by atoms with E-state index in [1.54, 1.807) is 0 Å². The molecule has 0 aromatic heterocycles. The predicted molar refractivity (Wildman–Crippen MR) is 73.9 cm³/mol. The van der Waals surface area contributed by atoms with Crippen molar-refractivity contribution in [1.29, 1.82) is 0 Å². The van der Waals surface area contributed by atoms with Crippen molar-refractivity contribution < 1.29 is 9.47 Å². The Kier molecular flexibility index (Phi) is 6.46. The van der Waals surface area contributed by atoms with Gasteiger partial charge in [0.15, 0.2) is 0 Å². The zero-order valence-electron chi connectivity index (χ0n) is 11.8. The van der Waals surface area contributed by atoms with Crippen LogP contribution in [0.2, 0.25) is 0 Å². The molecule has 18 heavy (non-hydrogen) atoms. The van der Waals surface area contributed by atoms with Gasteiger partial charge in [-0.2, -0.15) is 0 Å². The third-order valence-electron chi connectivity index (χ3n) is 4.37. The summed E-state index contributed by atoms with van der Waals surface area (Å²) >= 11 is 0. The molecule has 2 aliphatic heterocycles. The van der Waals surface area contributed by atoms with Gasteiger partial charge in [-0.3, -0.25) is 0 Å². The number of hydrogen-bond donors (Lipinski definition) is 1. The lowest BCUT2D eigenvalue weighted by Crippen LogP contribution is -2.26. The molecule has 3 nitrogen and oxygen atoms in total. The second kappa shape index (κ2) is 8.13. The van der Waals surface area contributed by atoms with Gasteiger partial charge in [-0.25, -0.2) is 0 Å². The van der Waals surface area contributed by atoms with Gasteiger partial charge in [-0.05, 0) is 64.8 Å². The largest absolute Gasteiger partial charge is 0.378 e. The highest BCUT2D eigenvalue weighted by Gasteiger charge is 2.18. The van der Waals surface area contributed by atoms with Gasteiger partial charge in [0.2, 0.25) is 0 Å². The SMILES string of the molecule is CNC(CCCC1CCCO1)CCC1CCCO1. The molecule has 2 fully saturated rings. The standard InChI is InChI=1S/C15H29NO2/c1-16-13(9-10-15-8-4-12-18-15)5-2-6-14-7-3-11-17-14/h13-16H,2-12H2,1H3. The van der Waals surface area contributed by atoms with Gasteiger partial charge < -0.3 is 14.8 Å².